The molecule has 0 aromatic heterocycles. The van der Waals surface area contributed by atoms with Gasteiger partial charge in [0.25, 0.3) is 0 Å². The summed E-state index contributed by atoms with van der Waals surface area (Å²) in [6.07, 6.45) is 0.317. The lowest BCUT2D eigenvalue weighted by atomic mass is 9.91. The summed E-state index contributed by atoms with van der Waals surface area (Å²) >= 11 is 0. The van der Waals surface area contributed by atoms with Gasteiger partial charge in [0.1, 0.15) is 6.10 Å². The molecule has 1 aliphatic heterocycles. The third kappa shape index (κ3) is 3.79. The third-order valence-corrected chi connectivity index (χ3v) is 3.28. The molecule has 0 unspecified atom stereocenters. The average molecular weight is 286 g/mol. The number of rotatable bonds is 4. The minimum absolute atomic E-state index is 0.140. The highest BCUT2D eigenvalue weighted by Gasteiger charge is 2.52. The molecular weight excluding hydrogens is 260 g/mol. The van der Waals surface area contributed by atoms with Crippen molar-refractivity contribution in [2.24, 2.45) is 11.3 Å². The molecule has 0 aromatic carbocycles. The first-order chi connectivity index (χ1) is 8.91. The van der Waals surface area contributed by atoms with Crippen molar-refractivity contribution in [3.05, 3.63) is 0 Å². The number of carbonyl (C=O) groups excluding carboxylic acids is 2. The Morgan fingerprint density at radius 2 is 1.90 bits per heavy atom. The molecule has 0 aliphatic carbocycles. The smallest absolute Gasteiger partial charge is 0.311 e. The number of aldehydes is 1. The van der Waals surface area contributed by atoms with Crippen molar-refractivity contribution < 1.29 is 23.8 Å². The lowest BCUT2D eigenvalue weighted by Crippen LogP contribution is -2.44. The van der Waals surface area contributed by atoms with Gasteiger partial charge in [-0.05, 0) is 41.5 Å². The van der Waals surface area contributed by atoms with Crippen LogP contribution >= 0.6 is 0 Å². The van der Waals surface area contributed by atoms with Crippen molar-refractivity contribution in [2.75, 3.05) is 6.61 Å². The summed E-state index contributed by atoms with van der Waals surface area (Å²) in [4.78, 5) is 23.1. The van der Waals surface area contributed by atoms with Crippen LogP contribution in [0.4, 0.5) is 0 Å². The molecule has 1 aliphatic rings. The van der Waals surface area contributed by atoms with Gasteiger partial charge < -0.3 is 19.0 Å². The van der Waals surface area contributed by atoms with E-state index < -0.39 is 22.9 Å². The topological polar surface area (TPSA) is 61.8 Å². The normalized spacial score (nSPS) is 30.9. The molecule has 1 heterocycles. The number of ether oxygens (including phenoxy) is 3. The Bertz CT molecular complexity index is 382. The second kappa shape index (κ2) is 5.45. The highest BCUT2D eigenvalue weighted by atomic mass is 16.8. The Morgan fingerprint density at radius 3 is 2.35 bits per heavy atom. The Hall–Kier alpha value is -0.940. The maximum atomic E-state index is 11.8. The molecule has 0 aromatic rings. The third-order valence-electron chi connectivity index (χ3n) is 3.28. The van der Waals surface area contributed by atoms with Gasteiger partial charge in [-0.3, -0.25) is 4.79 Å². The molecule has 1 fully saturated rings. The molecule has 3 atom stereocenters. The number of hydrogen-bond acceptors (Lipinski definition) is 5. The number of esters is 1. The van der Waals surface area contributed by atoms with Crippen LogP contribution in [-0.4, -0.2) is 36.4 Å². The lowest BCUT2D eigenvalue weighted by Gasteiger charge is -2.28. The van der Waals surface area contributed by atoms with E-state index in [1.165, 1.54) is 0 Å². The van der Waals surface area contributed by atoms with E-state index in [4.69, 9.17) is 14.2 Å². The molecule has 0 amide bonds. The predicted octanol–water partition coefficient (Wildman–Crippen LogP) is 2.32. The van der Waals surface area contributed by atoms with Crippen LogP contribution in [0, 0.1) is 11.3 Å². The van der Waals surface area contributed by atoms with Gasteiger partial charge in [0.15, 0.2) is 17.7 Å². The summed E-state index contributed by atoms with van der Waals surface area (Å²) < 4.78 is 16.7. The standard InChI is InChI=1S/C15H26O5/c1-10(8-18-12(17)13(2,3)4)11-15(7,9-16)20-14(5,6)19-11/h9-11H,8H2,1-7H3/t10-,11+,15+/m0/s1. The van der Waals surface area contributed by atoms with Crippen LogP contribution in [0.5, 0.6) is 0 Å². The Labute approximate surface area is 121 Å². The largest absolute Gasteiger partial charge is 0.465 e. The van der Waals surface area contributed by atoms with Crippen molar-refractivity contribution >= 4 is 12.3 Å². The van der Waals surface area contributed by atoms with Gasteiger partial charge in [0.2, 0.25) is 0 Å². The van der Waals surface area contributed by atoms with Crippen molar-refractivity contribution in [2.45, 2.75) is 66.0 Å². The van der Waals surface area contributed by atoms with Crippen LogP contribution in [0.2, 0.25) is 0 Å². The van der Waals surface area contributed by atoms with E-state index in [9.17, 15) is 9.59 Å². The van der Waals surface area contributed by atoms with Gasteiger partial charge in [0, 0.05) is 5.92 Å². The fourth-order valence-electron chi connectivity index (χ4n) is 2.32. The van der Waals surface area contributed by atoms with Gasteiger partial charge in [-0.2, -0.15) is 0 Å². The van der Waals surface area contributed by atoms with Crippen LogP contribution in [0.3, 0.4) is 0 Å². The highest BCUT2D eigenvalue weighted by Crippen LogP contribution is 2.38. The number of hydrogen-bond donors (Lipinski definition) is 0. The quantitative estimate of drug-likeness (QED) is 0.586. The fraction of sp³-hybridized carbons (Fsp3) is 0.867. The van der Waals surface area contributed by atoms with Gasteiger partial charge in [-0.1, -0.05) is 6.92 Å². The summed E-state index contributed by atoms with van der Waals surface area (Å²) in [7, 11) is 0. The summed E-state index contributed by atoms with van der Waals surface area (Å²) in [6, 6.07) is 0. The van der Waals surface area contributed by atoms with Gasteiger partial charge in [-0.25, -0.2) is 0 Å². The van der Waals surface area contributed by atoms with Crippen molar-refractivity contribution in [1.82, 2.24) is 0 Å². The Kier molecular flexibility index (Phi) is 4.66. The first-order valence-electron chi connectivity index (χ1n) is 6.93. The van der Waals surface area contributed by atoms with Crippen molar-refractivity contribution in [3.63, 3.8) is 0 Å². The molecule has 0 spiro atoms. The van der Waals surface area contributed by atoms with Gasteiger partial charge in [0.05, 0.1) is 12.0 Å². The Morgan fingerprint density at radius 1 is 1.35 bits per heavy atom. The molecule has 0 saturated carbocycles. The highest BCUT2D eigenvalue weighted by molar-refractivity contribution is 5.75. The molecule has 5 heteroatoms. The summed E-state index contributed by atoms with van der Waals surface area (Å²) in [5, 5.41) is 0. The maximum Gasteiger partial charge on any atom is 0.311 e. The van der Waals surface area contributed by atoms with E-state index in [-0.39, 0.29) is 18.5 Å². The summed E-state index contributed by atoms with van der Waals surface area (Å²) in [5.74, 6) is -1.23. The van der Waals surface area contributed by atoms with E-state index in [0.29, 0.717) is 0 Å². The zero-order valence-electron chi connectivity index (χ0n) is 13.5. The van der Waals surface area contributed by atoms with E-state index in [2.05, 4.69) is 0 Å². The van der Waals surface area contributed by atoms with Crippen LogP contribution in [0.1, 0.15) is 48.5 Å². The monoisotopic (exact) mass is 286 g/mol. The van der Waals surface area contributed by atoms with Crippen LogP contribution in [0.15, 0.2) is 0 Å². The van der Waals surface area contributed by atoms with E-state index in [1.807, 2.05) is 6.92 Å². The van der Waals surface area contributed by atoms with E-state index in [0.717, 1.165) is 6.29 Å². The predicted molar refractivity (Wildman–Crippen MR) is 74.1 cm³/mol. The van der Waals surface area contributed by atoms with Gasteiger partial charge >= 0.3 is 5.97 Å². The SMILES string of the molecule is C[C@@H](COC(=O)C(C)(C)C)[C@H]1OC(C)(C)O[C@]1(C)C=O. The molecule has 0 N–H and O–H groups in total. The molecule has 0 radical (unpaired) electrons. The first kappa shape index (κ1) is 17.1. The van der Waals surface area contributed by atoms with Crippen molar-refractivity contribution in [3.8, 4) is 0 Å². The second-order valence-corrected chi connectivity index (χ2v) is 7.17. The van der Waals surface area contributed by atoms with Gasteiger partial charge in [-0.15, -0.1) is 0 Å². The van der Waals surface area contributed by atoms with Crippen LogP contribution in [0.25, 0.3) is 0 Å². The van der Waals surface area contributed by atoms with E-state index in [1.54, 1.807) is 41.5 Å². The Balaban J connectivity index is 2.70. The number of carbonyl (C=O) groups is 2. The van der Waals surface area contributed by atoms with Crippen molar-refractivity contribution in [1.29, 1.82) is 0 Å². The van der Waals surface area contributed by atoms with Crippen LogP contribution < -0.4 is 0 Å². The molecule has 0 bridgehead atoms. The second-order valence-electron chi connectivity index (χ2n) is 7.17. The molecule has 20 heavy (non-hydrogen) atoms. The molecule has 1 saturated heterocycles. The minimum atomic E-state index is -1.02. The molecular formula is C15H26O5. The fourth-order valence-corrected chi connectivity index (χ4v) is 2.32. The van der Waals surface area contributed by atoms with Crippen LogP contribution in [-0.2, 0) is 23.8 Å². The van der Waals surface area contributed by atoms with E-state index >= 15 is 0 Å². The molecule has 5 nitrogen and oxygen atoms in total. The maximum absolute atomic E-state index is 11.8. The molecule has 116 valence electrons. The minimum Gasteiger partial charge on any atom is -0.465 e. The first-order valence-corrected chi connectivity index (χ1v) is 6.93. The summed E-state index contributed by atoms with van der Waals surface area (Å²) in [5.41, 5.74) is -1.56. The lowest BCUT2D eigenvalue weighted by molar-refractivity contribution is -0.166. The zero-order chi connectivity index (χ0) is 15.8. The molecule has 1 rings (SSSR count). The zero-order valence-corrected chi connectivity index (χ0v) is 13.5. The average Bonchev–Trinajstić information content (AvgIpc) is 2.55. The summed E-state index contributed by atoms with van der Waals surface area (Å²) in [6.45, 7) is 12.7.